The van der Waals surface area contributed by atoms with E-state index in [1.54, 1.807) is 6.20 Å². The number of hydrogen-bond donors (Lipinski definition) is 2. The first-order valence-electron chi connectivity index (χ1n) is 4.90. The summed E-state index contributed by atoms with van der Waals surface area (Å²) < 4.78 is 0. The van der Waals surface area contributed by atoms with Gasteiger partial charge in [0.25, 0.3) is 0 Å². The van der Waals surface area contributed by atoms with Crippen LogP contribution in [0.5, 0.6) is 0 Å². The van der Waals surface area contributed by atoms with Gasteiger partial charge in [0.2, 0.25) is 0 Å². The normalized spacial score (nSPS) is 11.4. The molecule has 1 aromatic heterocycles. The molecule has 0 fully saturated rings. The lowest BCUT2D eigenvalue weighted by atomic mass is 9.94. The zero-order chi connectivity index (χ0) is 10.6. The van der Waals surface area contributed by atoms with E-state index >= 15 is 0 Å². The van der Waals surface area contributed by atoms with Crippen LogP contribution in [0.4, 0.5) is 5.69 Å². The fraction of sp³-hybridized carbons (Fsp3) is 0.545. The molecule has 3 heteroatoms. The summed E-state index contributed by atoms with van der Waals surface area (Å²) >= 11 is 0. The van der Waals surface area contributed by atoms with Crippen molar-refractivity contribution in [1.82, 2.24) is 4.98 Å². The lowest BCUT2D eigenvalue weighted by Crippen LogP contribution is -2.31. The Hall–Kier alpha value is -1.09. The predicted octanol–water partition coefficient (Wildman–Crippen LogP) is 1.79. The fourth-order valence-electron chi connectivity index (χ4n) is 1.08. The van der Waals surface area contributed by atoms with Crippen molar-refractivity contribution >= 4 is 5.69 Å². The zero-order valence-electron chi connectivity index (χ0n) is 9.17. The minimum absolute atomic E-state index is 0.135. The van der Waals surface area contributed by atoms with Crippen molar-refractivity contribution in [1.29, 1.82) is 0 Å². The number of aromatic nitrogens is 1. The summed E-state index contributed by atoms with van der Waals surface area (Å²) in [6, 6.07) is 1.99. The first kappa shape index (κ1) is 11.0. The molecule has 1 aromatic rings. The zero-order valence-corrected chi connectivity index (χ0v) is 9.17. The molecule has 0 atom stereocenters. The number of aryl methyl sites for hydroxylation is 1. The van der Waals surface area contributed by atoms with Gasteiger partial charge in [-0.2, -0.15) is 0 Å². The second-order valence-electron chi connectivity index (χ2n) is 4.41. The molecule has 14 heavy (non-hydrogen) atoms. The summed E-state index contributed by atoms with van der Waals surface area (Å²) in [5.74, 6) is 0. The maximum atomic E-state index is 5.66. The molecule has 0 bridgehead atoms. The maximum absolute atomic E-state index is 5.66. The van der Waals surface area contributed by atoms with Crippen LogP contribution in [0.15, 0.2) is 18.5 Å². The van der Waals surface area contributed by atoms with Crippen LogP contribution in [0.2, 0.25) is 0 Å². The second kappa shape index (κ2) is 4.42. The standard InChI is InChI=1S/C11H19N3/c1-9-6-13-5-4-10(9)14-8-11(2,3)7-12/h4-6H,7-8,12H2,1-3H3,(H,13,14). The summed E-state index contributed by atoms with van der Waals surface area (Å²) in [5, 5.41) is 3.38. The van der Waals surface area contributed by atoms with Crippen molar-refractivity contribution in [2.45, 2.75) is 20.8 Å². The van der Waals surface area contributed by atoms with E-state index in [2.05, 4.69) is 24.1 Å². The minimum Gasteiger partial charge on any atom is -0.384 e. The maximum Gasteiger partial charge on any atom is 0.0400 e. The van der Waals surface area contributed by atoms with Gasteiger partial charge in [-0.05, 0) is 30.5 Å². The molecule has 1 heterocycles. The van der Waals surface area contributed by atoms with Crippen molar-refractivity contribution in [3.63, 3.8) is 0 Å². The Labute approximate surface area is 85.7 Å². The minimum atomic E-state index is 0.135. The Morgan fingerprint density at radius 3 is 2.79 bits per heavy atom. The molecular weight excluding hydrogens is 174 g/mol. The molecule has 0 unspecified atom stereocenters. The Morgan fingerprint density at radius 2 is 2.21 bits per heavy atom. The molecule has 0 amide bonds. The lowest BCUT2D eigenvalue weighted by Gasteiger charge is -2.23. The van der Waals surface area contributed by atoms with Crippen LogP contribution in [0, 0.1) is 12.3 Å². The van der Waals surface area contributed by atoms with Gasteiger partial charge in [0.1, 0.15) is 0 Å². The molecule has 0 aromatic carbocycles. The average molecular weight is 193 g/mol. The Morgan fingerprint density at radius 1 is 1.50 bits per heavy atom. The van der Waals surface area contributed by atoms with Crippen LogP contribution in [0.25, 0.3) is 0 Å². The van der Waals surface area contributed by atoms with Gasteiger partial charge in [-0.3, -0.25) is 4.98 Å². The van der Waals surface area contributed by atoms with Crippen molar-refractivity contribution in [2.24, 2.45) is 11.1 Å². The molecular formula is C11H19N3. The summed E-state index contributed by atoms with van der Waals surface area (Å²) in [5.41, 5.74) is 8.10. The van der Waals surface area contributed by atoms with Crippen LogP contribution in [-0.2, 0) is 0 Å². The van der Waals surface area contributed by atoms with Gasteiger partial charge < -0.3 is 11.1 Å². The summed E-state index contributed by atoms with van der Waals surface area (Å²) in [7, 11) is 0. The van der Waals surface area contributed by atoms with E-state index in [1.807, 2.05) is 19.2 Å². The van der Waals surface area contributed by atoms with E-state index in [9.17, 15) is 0 Å². The highest BCUT2D eigenvalue weighted by molar-refractivity contribution is 5.48. The molecule has 3 N–H and O–H groups in total. The van der Waals surface area contributed by atoms with Crippen LogP contribution in [0.3, 0.4) is 0 Å². The molecule has 0 saturated heterocycles. The lowest BCUT2D eigenvalue weighted by molar-refractivity contribution is 0.405. The molecule has 0 radical (unpaired) electrons. The van der Waals surface area contributed by atoms with Crippen LogP contribution in [0.1, 0.15) is 19.4 Å². The molecule has 0 aliphatic heterocycles. The smallest absolute Gasteiger partial charge is 0.0400 e. The number of rotatable bonds is 4. The number of hydrogen-bond acceptors (Lipinski definition) is 3. The quantitative estimate of drug-likeness (QED) is 0.766. The summed E-state index contributed by atoms with van der Waals surface area (Å²) in [4.78, 5) is 4.04. The van der Waals surface area contributed by atoms with Gasteiger partial charge in [0.15, 0.2) is 0 Å². The first-order valence-corrected chi connectivity index (χ1v) is 4.90. The van der Waals surface area contributed by atoms with Gasteiger partial charge in [-0.1, -0.05) is 13.8 Å². The highest BCUT2D eigenvalue weighted by Gasteiger charge is 2.14. The van der Waals surface area contributed by atoms with Gasteiger partial charge >= 0.3 is 0 Å². The van der Waals surface area contributed by atoms with E-state index in [-0.39, 0.29) is 5.41 Å². The molecule has 1 rings (SSSR count). The predicted molar refractivity (Wildman–Crippen MR) is 60.3 cm³/mol. The van der Waals surface area contributed by atoms with Crippen LogP contribution >= 0.6 is 0 Å². The van der Waals surface area contributed by atoms with Gasteiger partial charge in [0, 0.05) is 24.6 Å². The van der Waals surface area contributed by atoms with E-state index in [0.717, 1.165) is 12.2 Å². The van der Waals surface area contributed by atoms with Gasteiger partial charge in [0.05, 0.1) is 0 Å². The third-order valence-corrected chi connectivity index (χ3v) is 2.33. The van der Waals surface area contributed by atoms with Gasteiger partial charge in [-0.25, -0.2) is 0 Å². The molecule has 78 valence electrons. The summed E-state index contributed by atoms with van der Waals surface area (Å²) in [6.45, 7) is 7.91. The van der Waals surface area contributed by atoms with Crippen molar-refractivity contribution in [3.05, 3.63) is 24.0 Å². The first-order chi connectivity index (χ1) is 6.55. The summed E-state index contributed by atoms with van der Waals surface area (Å²) in [6.07, 6.45) is 3.66. The molecule has 0 aliphatic rings. The number of pyridine rings is 1. The Balaban J connectivity index is 2.58. The number of anilines is 1. The SMILES string of the molecule is Cc1cnccc1NCC(C)(C)CN. The van der Waals surface area contributed by atoms with E-state index in [0.29, 0.717) is 6.54 Å². The third kappa shape index (κ3) is 3.00. The van der Waals surface area contributed by atoms with Crippen LogP contribution in [-0.4, -0.2) is 18.1 Å². The average Bonchev–Trinajstić information content (AvgIpc) is 2.17. The van der Waals surface area contributed by atoms with Gasteiger partial charge in [-0.15, -0.1) is 0 Å². The van der Waals surface area contributed by atoms with E-state index in [1.165, 1.54) is 5.56 Å². The largest absolute Gasteiger partial charge is 0.384 e. The van der Waals surface area contributed by atoms with Crippen molar-refractivity contribution in [3.8, 4) is 0 Å². The fourth-order valence-corrected chi connectivity index (χ4v) is 1.08. The highest BCUT2D eigenvalue weighted by atomic mass is 14.9. The van der Waals surface area contributed by atoms with Crippen molar-refractivity contribution in [2.75, 3.05) is 18.4 Å². The van der Waals surface area contributed by atoms with E-state index in [4.69, 9.17) is 5.73 Å². The molecule has 3 nitrogen and oxygen atoms in total. The van der Waals surface area contributed by atoms with E-state index < -0.39 is 0 Å². The third-order valence-electron chi connectivity index (χ3n) is 2.33. The Bertz CT molecular complexity index is 294. The number of nitrogens with one attached hydrogen (secondary N) is 1. The number of nitrogens with zero attached hydrogens (tertiary/aromatic N) is 1. The second-order valence-corrected chi connectivity index (χ2v) is 4.41. The number of nitrogens with two attached hydrogens (primary N) is 1. The van der Waals surface area contributed by atoms with Crippen molar-refractivity contribution < 1.29 is 0 Å². The highest BCUT2D eigenvalue weighted by Crippen LogP contribution is 2.17. The molecule has 0 saturated carbocycles. The topological polar surface area (TPSA) is 50.9 Å². The monoisotopic (exact) mass is 193 g/mol. The Kier molecular flexibility index (Phi) is 3.47. The molecule has 0 aliphatic carbocycles. The molecule has 0 spiro atoms. The van der Waals surface area contributed by atoms with Crippen LogP contribution < -0.4 is 11.1 Å².